The summed E-state index contributed by atoms with van der Waals surface area (Å²) in [5, 5.41) is 31.5. The Bertz CT molecular complexity index is 1280. The summed E-state index contributed by atoms with van der Waals surface area (Å²) in [4.78, 5) is 72.1. The summed E-state index contributed by atoms with van der Waals surface area (Å²) >= 11 is 0. The van der Waals surface area contributed by atoms with Gasteiger partial charge in [-0.2, -0.15) is 0 Å². The van der Waals surface area contributed by atoms with Crippen LogP contribution < -0.4 is 0 Å². The fourth-order valence-electron chi connectivity index (χ4n) is 4.83. The third-order valence-corrected chi connectivity index (χ3v) is 9.36. The molecule has 52 heavy (non-hydrogen) atoms. The number of unbranched alkanes of at least 4 members (excludes halogenated alkanes) is 6. The standard InChI is InChI=1S/C30H53O19P3/c1-3-5-7-9-11-12-13-15-17-19-24(32)46-22(20-44-23(31)18-16-14-10-8-6-4-2)21-45-52(42,43)49-28-25(33)26(34)29(47-50(36,37)38)30(27(28)35)48-51(39,40)41/h3,7,9,12-13,22,25-30,33-35H,1,4-6,8,10-11,14-21H2,2H3,(H,42,43)(H2,36,37,38)(H2,39,40,41)/t22?,25-,26+,27+,28-,29-,30-/m1/s1. The molecular weight excluding hydrogens is 757 g/mol. The minimum Gasteiger partial charge on any atom is -0.462 e. The molecule has 0 aromatic carbocycles. The molecule has 0 aliphatic heterocycles. The molecule has 0 saturated heterocycles. The first kappa shape index (κ1) is 48.4. The molecule has 0 heterocycles. The molecule has 22 heteroatoms. The Hall–Kier alpha value is -1.63. The fourth-order valence-corrected chi connectivity index (χ4v) is 6.92. The second-order valence-electron chi connectivity index (χ2n) is 11.8. The van der Waals surface area contributed by atoms with Crippen LogP contribution in [0.2, 0.25) is 0 Å². The van der Waals surface area contributed by atoms with E-state index in [4.69, 9.17) is 28.3 Å². The number of ether oxygens (including phenoxy) is 2. The summed E-state index contributed by atoms with van der Waals surface area (Å²) in [5.41, 5.74) is 0. The summed E-state index contributed by atoms with van der Waals surface area (Å²) in [6, 6.07) is 0. The lowest BCUT2D eigenvalue weighted by Crippen LogP contribution is -2.65. The van der Waals surface area contributed by atoms with Gasteiger partial charge in [0.2, 0.25) is 0 Å². The summed E-state index contributed by atoms with van der Waals surface area (Å²) in [7, 11) is -16.6. The van der Waals surface area contributed by atoms with Crippen molar-refractivity contribution in [2.45, 2.75) is 127 Å². The first-order valence-corrected chi connectivity index (χ1v) is 21.3. The summed E-state index contributed by atoms with van der Waals surface area (Å²) in [6.07, 6.45) is 0.795. The van der Waals surface area contributed by atoms with Crippen molar-refractivity contribution in [3.63, 3.8) is 0 Å². The molecule has 1 aliphatic rings. The lowest BCUT2D eigenvalue weighted by molar-refractivity contribution is -0.213. The number of esters is 2. The lowest BCUT2D eigenvalue weighted by Gasteiger charge is -2.44. The Labute approximate surface area is 302 Å². The largest absolute Gasteiger partial charge is 0.472 e. The molecule has 0 amide bonds. The van der Waals surface area contributed by atoms with E-state index < -0.39 is 91.3 Å². The molecule has 8 atom stereocenters. The van der Waals surface area contributed by atoms with E-state index in [1.807, 2.05) is 24.3 Å². The number of hydrogen-bond acceptors (Lipinski definition) is 14. The van der Waals surface area contributed by atoms with Crippen LogP contribution in [0.5, 0.6) is 0 Å². The summed E-state index contributed by atoms with van der Waals surface area (Å²) in [5.74, 6) is -1.39. The molecular formula is C30H53O19P3. The Morgan fingerprint density at radius 3 is 1.83 bits per heavy atom. The third-order valence-electron chi connectivity index (χ3n) is 7.34. The van der Waals surface area contributed by atoms with Gasteiger partial charge in [-0.05, 0) is 32.1 Å². The second-order valence-corrected chi connectivity index (χ2v) is 15.6. The highest BCUT2D eigenvalue weighted by molar-refractivity contribution is 7.47. The van der Waals surface area contributed by atoms with Crippen LogP contribution in [0.4, 0.5) is 0 Å². The zero-order valence-corrected chi connectivity index (χ0v) is 31.6. The average Bonchev–Trinajstić information content (AvgIpc) is 3.04. The van der Waals surface area contributed by atoms with Crippen LogP contribution in [-0.2, 0) is 50.9 Å². The average molecular weight is 811 g/mol. The molecule has 0 bridgehead atoms. The number of carbonyl (C=O) groups is 2. The fraction of sp³-hybridized carbons (Fsp3) is 0.733. The van der Waals surface area contributed by atoms with E-state index in [2.05, 4.69) is 22.6 Å². The quantitative estimate of drug-likeness (QED) is 0.0256. The zero-order chi connectivity index (χ0) is 39.4. The van der Waals surface area contributed by atoms with Gasteiger partial charge in [0, 0.05) is 12.8 Å². The predicted molar refractivity (Wildman–Crippen MR) is 183 cm³/mol. The van der Waals surface area contributed by atoms with Gasteiger partial charge < -0.3 is 49.3 Å². The van der Waals surface area contributed by atoms with Crippen LogP contribution in [0.1, 0.15) is 84.0 Å². The lowest BCUT2D eigenvalue weighted by atomic mass is 9.85. The van der Waals surface area contributed by atoms with Gasteiger partial charge in [0.15, 0.2) is 6.10 Å². The maximum Gasteiger partial charge on any atom is 0.472 e. The highest BCUT2D eigenvalue weighted by atomic mass is 31.2. The third kappa shape index (κ3) is 21.3. The first-order chi connectivity index (χ1) is 24.3. The van der Waals surface area contributed by atoms with Gasteiger partial charge in [0.05, 0.1) is 6.61 Å². The molecule has 302 valence electrons. The van der Waals surface area contributed by atoms with Crippen molar-refractivity contribution in [2.24, 2.45) is 0 Å². The molecule has 1 fully saturated rings. The molecule has 1 aliphatic carbocycles. The Balaban J connectivity index is 2.96. The van der Waals surface area contributed by atoms with Gasteiger partial charge in [0.1, 0.15) is 43.2 Å². The van der Waals surface area contributed by atoms with E-state index in [1.54, 1.807) is 6.08 Å². The van der Waals surface area contributed by atoms with Crippen molar-refractivity contribution < 1.29 is 90.6 Å². The molecule has 1 saturated carbocycles. The summed E-state index contributed by atoms with van der Waals surface area (Å²) < 4.78 is 64.5. The van der Waals surface area contributed by atoms with Crippen LogP contribution >= 0.6 is 23.5 Å². The van der Waals surface area contributed by atoms with Crippen molar-refractivity contribution in [3.05, 3.63) is 37.0 Å². The van der Waals surface area contributed by atoms with Gasteiger partial charge in [0.25, 0.3) is 0 Å². The SMILES string of the molecule is C=CCC=CCC=CCCCC(=O)OC(COC(=O)CCCCCCCC)COP(=O)(O)O[C@@H]1[C@H](O)[C@H](O)[C@@H](OP(=O)(O)O)[C@H](OP(=O)(O)O)[C@H]1O. The first-order valence-electron chi connectivity index (χ1n) is 16.7. The normalized spacial score (nSPS) is 24.5. The smallest absolute Gasteiger partial charge is 0.462 e. The number of rotatable bonds is 27. The highest BCUT2D eigenvalue weighted by Gasteiger charge is 2.56. The van der Waals surface area contributed by atoms with E-state index in [0.29, 0.717) is 25.7 Å². The van der Waals surface area contributed by atoms with Crippen molar-refractivity contribution in [1.29, 1.82) is 0 Å². The van der Waals surface area contributed by atoms with Gasteiger partial charge in [-0.25, -0.2) is 13.7 Å². The van der Waals surface area contributed by atoms with Crippen molar-refractivity contribution >= 4 is 35.4 Å². The Kier molecular flexibility index (Phi) is 23.0. The number of hydrogen-bond donors (Lipinski definition) is 8. The minimum atomic E-state index is -5.59. The van der Waals surface area contributed by atoms with E-state index in [0.717, 1.165) is 38.5 Å². The molecule has 0 aromatic heterocycles. The predicted octanol–water partition coefficient (Wildman–Crippen LogP) is 3.00. The molecule has 1 rings (SSSR count). The van der Waals surface area contributed by atoms with Crippen LogP contribution in [0.15, 0.2) is 37.0 Å². The molecule has 19 nitrogen and oxygen atoms in total. The Morgan fingerprint density at radius 1 is 0.673 bits per heavy atom. The van der Waals surface area contributed by atoms with E-state index in [-0.39, 0.29) is 12.8 Å². The summed E-state index contributed by atoms with van der Waals surface area (Å²) in [6.45, 7) is 4.17. The second kappa shape index (κ2) is 24.7. The van der Waals surface area contributed by atoms with Crippen LogP contribution in [-0.4, -0.2) is 108 Å². The maximum atomic E-state index is 12.9. The number of carbonyl (C=O) groups excluding carboxylic acids is 2. The van der Waals surface area contributed by atoms with Crippen LogP contribution in [0.25, 0.3) is 0 Å². The monoisotopic (exact) mass is 810 g/mol. The van der Waals surface area contributed by atoms with E-state index >= 15 is 0 Å². The molecule has 0 radical (unpaired) electrons. The van der Waals surface area contributed by atoms with Crippen molar-refractivity contribution in [1.82, 2.24) is 0 Å². The van der Waals surface area contributed by atoms with E-state index in [9.17, 15) is 53.3 Å². The topological polar surface area (TPSA) is 303 Å². The van der Waals surface area contributed by atoms with Gasteiger partial charge in [-0.15, -0.1) is 6.58 Å². The zero-order valence-electron chi connectivity index (χ0n) is 28.9. The van der Waals surface area contributed by atoms with Gasteiger partial charge in [-0.3, -0.25) is 27.7 Å². The molecule has 0 aromatic rings. The molecule has 2 unspecified atom stereocenters. The number of aliphatic hydroxyl groups excluding tert-OH is 3. The minimum absolute atomic E-state index is 0.0642. The maximum absolute atomic E-state index is 12.9. The van der Waals surface area contributed by atoms with Gasteiger partial charge in [-0.1, -0.05) is 69.4 Å². The van der Waals surface area contributed by atoms with Gasteiger partial charge >= 0.3 is 35.4 Å². The van der Waals surface area contributed by atoms with Crippen molar-refractivity contribution in [3.8, 4) is 0 Å². The van der Waals surface area contributed by atoms with Crippen LogP contribution in [0.3, 0.4) is 0 Å². The number of aliphatic hydroxyl groups is 3. The number of phosphoric acid groups is 3. The number of allylic oxidation sites excluding steroid dienone is 5. The van der Waals surface area contributed by atoms with Crippen LogP contribution in [0, 0.1) is 0 Å². The Morgan fingerprint density at radius 2 is 1.21 bits per heavy atom. The van der Waals surface area contributed by atoms with Crippen molar-refractivity contribution in [2.75, 3.05) is 13.2 Å². The molecule has 8 N–H and O–H groups in total. The highest BCUT2D eigenvalue weighted by Crippen LogP contribution is 2.51. The van der Waals surface area contributed by atoms with E-state index in [1.165, 1.54) is 0 Å². The molecule has 0 spiro atoms. The number of phosphoric ester groups is 3.